The summed E-state index contributed by atoms with van der Waals surface area (Å²) in [7, 11) is 4.87. The van der Waals surface area contributed by atoms with Crippen molar-refractivity contribution < 1.29 is 19.0 Å². The average molecular weight is 374 g/mol. The zero-order valence-corrected chi connectivity index (χ0v) is 15.8. The lowest BCUT2D eigenvalue weighted by Crippen LogP contribution is -2.34. The molecule has 6 nitrogen and oxygen atoms in total. The number of carbonyl (C=O) groups excluding carboxylic acids is 1. The zero-order chi connectivity index (χ0) is 18.5. The van der Waals surface area contributed by atoms with Crippen molar-refractivity contribution in [1.82, 2.24) is 4.90 Å². The number of benzene rings is 2. The Morgan fingerprint density at radius 1 is 1.04 bits per heavy atom. The maximum atomic E-state index is 12.8. The first kappa shape index (κ1) is 18.3. The number of amides is 2. The molecule has 7 heteroatoms. The first-order chi connectivity index (χ1) is 12.7. The second kappa shape index (κ2) is 8.23. The number of methoxy groups -OCH3 is 3. The molecule has 1 saturated heterocycles. The topological polar surface area (TPSA) is 60.0 Å². The molecule has 0 bridgehead atoms. The molecule has 1 heterocycles. The van der Waals surface area contributed by atoms with Crippen molar-refractivity contribution in [2.75, 3.05) is 38.9 Å². The predicted molar refractivity (Wildman–Crippen MR) is 103 cm³/mol. The summed E-state index contributed by atoms with van der Waals surface area (Å²) in [6.45, 7) is 0.664. The van der Waals surface area contributed by atoms with Crippen molar-refractivity contribution in [3.05, 3.63) is 48.0 Å². The third-order valence-corrected chi connectivity index (χ3v) is 5.44. The van der Waals surface area contributed by atoms with E-state index in [2.05, 4.69) is 5.32 Å². The van der Waals surface area contributed by atoms with Gasteiger partial charge >= 0.3 is 6.03 Å². The number of hydrogen-bond donors (Lipinski definition) is 1. The molecule has 1 atom stereocenters. The van der Waals surface area contributed by atoms with Crippen LogP contribution < -0.4 is 19.5 Å². The minimum Gasteiger partial charge on any atom is -0.497 e. The van der Waals surface area contributed by atoms with Gasteiger partial charge in [0.25, 0.3) is 0 Å². The standard InChI is InChI=1S/C19H22N2O4S/c1-23-14-6-4-13(5-7-14)20-19(22)21-10-11-26-18(21)16-12-15(24-2)8-9-17(16)25-3/h4-9,12,18H,10-11H2,1-3H3,(H,20,22). The fraction of sp³-hybridized carbons (Fsp3) is 0.316. The number of thioether (sulfide) groups is 1. The van der Waals surface area contributed by atoms with E-state index in [1.54, 1.807) is 33.1 Å². The van der Waals surface area contributed by atoms with Crippen LogP contribution in [-0.2, 0) is 0 Å². The van der Waals surface area contributed by atoms with Crippen LogP contribution in [0, 0.1) is 0 Å². The Balaban J connectivity index is 1.80. The van der Waals surface area contributed by atoms with Gasteiger partial charge in [-0.05, 0) is 42.5 Å². The van der Waals surface area contributed by atoms with Gasteiger partial charge in [0.05, 0.1) is 21.3 Å². The molecule has 0 radical (unpaired) electrons. The van der Waals surface area contributed by atoms with Gasteiger partial charge in [-0.3, -0.25) is 0 Å². The number of nitrogens with zero attached hydrogens (tertiary/aromatic N) is 1. The third-order valence-electron chi connectivity index (χ3n) is 4.20. The Morgan fingerprint density at radius 3 is 2.38 bits per heavy atom. The quantitative estimate of drug-likeness (QED) is 0.857. The zero-order valence-electron chi connectivity index (χ0n) is 15.0. The Kier molecular flexibility index (Phi) is 5.78. The van der Waals surface area contributed by atoms with Crippen LogP contribution in [0.2, 0.25) is 0 Å². The van der Waals surface area contributed by atoms with Crippen molar-refractivity contribution in [2.24, 2.45) is 0 Å². The summed E-state index contributed by atoms with van der Waals surface area (Å²) >= 11 is 1.71. The van der Waals surface area contributed by atoms with Gasteiger partial charge in [-0.1, -0.05) is 0 Å². The van der Waals surface area contributed by atoms with Crippen LogP contribution in [0.1, 0.15) is 10.9 Å². The third kappa shape index (κ3) is 3.83. The molecule has 0 saturated carbocycles. The summed E-state index contributed by atoms with van der Waals surface area (Å²) in [4.78, 5) is 14.6. The molecule has 0 spiro atoms. The van der Waals surface area contributed by atoms with Crippen molar-refractivity contribution in [1.29, 1.82) is 0 Å². The number of ether oxygens (including phenoxy) is 3. The van der Waals surface area contributed by atoms with Gasteiger partial charge < -0.3 is 24.4 Å². The van der Waals surface area contributed by atoms with Gasteiger partial charge in [0.15, 0.2) is 0 Å². The summed E-state index contributed by atoms with van der Waals surface area (Å²) in [5, 5.41) is 2.82. The largest absolute Gasteiger partial charge is 0.497 e. The number of hydrogen-bond acceptors (Lipinski definition) is 5. The first-order valence-corrected chi connectivity index (χ1v) is 9.26. The Morgan fingerprint density at radius 2 is 1.73 bits per heavy atom. The molecule has 3 rings (SSSR count). The molecular weight excluding hydrogens is 352 g/mol. The van der Waals surface area contributed by atoms with Crippen LogP contribution in [-0.4, -0.2) is 44.6 Å². The van der Waals surface area contributed by atoms with Gasteiger partial charge in [-0.2, -0.15) is 0 Å². The highest BCUT2D eigenvalue weighted by Crippen LogP contribution is 2.43. The van der Waals surface area contributed by atoms with E-state index < -0.39 is 0 Å². The number of nitrogens with one attached hydrogen (secondary N) is 1. The Hall–Kier alpha value is -2.54. The molecule has 0 aromatic heterocycles. The van der Waals surface area contributed by atoms with E-state index in [0.717, 1.165) is 34.3 Å². The number of rotatable bonds is 5. The van der Waals surface area contributed by atoms with Crippen molar-refractivity contribution in [3.8, 4) is 17.2 Å². The molecule has 0 aliphatic carbocycles. The van der Waals surface area contributed by atoms with E-state index in [9.17, 15) is 4.79 Å². The molecule has 2 aromatic rings. The van der Waals surface area contributed by atoms with Crippen LogP contribution in [0.5, 0.6) is 17.2 Å². The highest BCUT2D eigenvalue weighted by atomic mass is 32.2. The van der Waals surface area contributed by atoms with E-state index in [1.165, 1.54) is 0 Å². The van der Waals surface area contributed by atoms with Crippen LogP contribution in [0.4, 0.5) is 10.5 Å². The summed E-state index contributed by atoms with van der Waals surface area (Å²) in [6, 6.07) is 12.8. The smallest absolute Gasteiger partial charge is 0.323 e. The van der Waals surface area contributed by atoms with Gasteiger partial charge in [0.2, 0.25) is 0 Å². The minimum atomic E-state index is -0.143. The van der Waals surface area contributed by atoms with Gasteiger partial charge in [-0.15, -0.1) is 11.8 Å². The van der Waals surface area contributed by atoms with Gasteiger partial charge in [-0.25, -0.2) is 4.79 Å². The molecule has 138 valence electrons. The number of anilines is 1. The summed E-state index contributed by atoms with van der Waals surface area (Å²) in [5.74, 6) is 3.09. The predicted octanol–water partition coefficient (Wildman–Crippen LogP) is 3.99. The average Bonchev–Trinajstić information content (AvgIpc) is 3.18. The second-order valence-electron chi connectivity index (χ2n) is 5.68. The molecule has 1 aliphatic heterocycles. The second-order valence-corrected chi connectivity index (χ2v) is 6.87. The van der Waals surface area contributed by atoms with E-state index >= 15 is 0 Å². The molecule has 2 amide bonds. The normalized spacial score (nSPS) is 16.3. The maximum absolute atomic E-state index is 12.8. The van der Waals surface area contributed by atoms with E-state index in [0.29, 0.717) is 6.54 Å². The van der Waals surface area contributed by atoms with E-state index in [-0.39, 0.29) is 11.4 Å². The Bertz CT molecular complexity index is 767. The van der Waals surface area contributed by atoms with Crippen molar-refractivity contribution in [3.63, 3.8) is 0 Å². The number of carbonyl (C=O) groups is 1. The lowest BCUT2D eigenvalue weighted by molar-refractivity contribution is 0.213. The van der Waals surface area contributed by atoms with E-state index in [4.69, 9.17) is 14.2 Å². The fourth-order valence-electron chi connectivity index (χ4n) is 2.84. The molecule has 1 fully saturated rings. The summed E-state index contributed by atoms with van der Waals surface area (Å²) in [6.07, 6.45) is 0. The lowest BCUT2D eigenvalue weighted by Gasteiger charge is -2.26. The van der Waals surface area contributed by atoms with Crippen LogP contribution >= 0.6 is 11.8 Å². The van der Waals surface area contributed by atoms with Crippen molar-refractivity contribution >= 4 is 23.5 Å². The number of urea groups is 1. The maximum Gasteiger partial charge on any atom is 0.323 e. The molecule has 26 heavy (non-hydrogen) atoms. The molecule has 2 aromatic carbocycles. The molecule has 1 unspecified atom stereocenters. The van der Waals surface area contributed by atoms with Gasteiger partial charge in [0, 0.05) is 23.5 Å². The fourth-order valence-corrected chi connectivity index (χ4v) is 4.11. The van der Waals surface area contributed by atoms with E-state index in [1.807, 2.05) is 47.4 Å². The monoisotopic (exact) mass is 374 g/mol. The van der Waals surface area contributed by atoms with Crippen LogP contribution in [0.25, 0.3) is 0 Å². The first-order valence-electron chi connectivity index (χ1n) is 8.21. The highest BCUT2D eigenvalue weighted by molar-refractivity contribution is 7.99. The molecule has 1 aliphatic rings. The Labute approximate surface area is 157 Å². The molecule has 1 N–H and O–H groups in total. The minimum absolute atomic E-state index is 0.127. The summed E-state index contributed by atoms with van der Waals surface area (Å²) < 4.78 is 16.0. The molecular formula is C19H22N2O4S. The van der Waals surface area contributed by atoms with Gasteiger partial charge in [0.1, 0.15) is 22.6 Å². The van der Waals surface area contributed by atoms with Crippen molar-refractivity contribution in [2.45, 2.75) is 5.37 Å². The van der Waals surface area contributed by atoms with Crippen LogP contribution in [0.15, 0.2) is 42.5 Å². The van der Waals surface area contributed by atoms with Crippen LogP contribution in [0.3, 0.4) is 0 Å². The summed E-state index contributed by atoms with van der Waals surface area (Å²) in [5.41, 5.74) is 1.66. The lowest BCUT2D eigenvalue weighted by atomic mass is 10.1. The highest BCUT2D eigenvalue weighted by Gasteiger charge is 2.33. The SMILES string of the molecule is COc1ccc(NC(=O)N2CCSC2c2cc(OC)ccc2OC)cc1.